The van der Waals surface area contributed by atoms with Crippen molar-refractivity contribution in [1.82, 2.24) is 0 Å². The molecule has 0 saturated heterocycles. The number of phenols is 2. The Hall–Kier alpha value is -4.26. The summed E-state index contributed by atoms with van der Waals surface area (Å²) < 4.78 is 5.41. The molecular formula is C32H37O7-. The standard InChI is InChI=1S/C32H38O7/c1-3-5-7-9-11-13-15-17-23-19-25(33)21-27(34)30(23)32(38)39-26-20-24(29(31(36)37)28(35)22-26)18-16-14-12-10-8-6-4-2/h9-16,19-22,33-35H,3-8,17-18H2,1-2H3,(H,36,37)/p-1/b11-9+,12-10+,15-13+,16-14+. The molecule has 7 heteroatoms. The molecule has 0 aliphatic rings. The van der Waals surface area contributed by atoms with Gasteiger partial charge in [0.1, 0.15) is 22.8 Å². The third-order valence-electron chi connectivity index (χ3n) is 5.86. The molecular weight excluding hydrogens is 496 g/mol. The SMILES string of the molecule is CCCC/C=C/C=C/Cc1cc(OC(=O)c2c(O)cc(O)cc2C/C=C/C=C/CCCC)cc([O-])c1C(=O)O. The fraction of sp³-hybridized carbons (Fsp3) is 0.312. The molecule has 2 aromatic carbocycles. The van der Waals surface area contributed by atoms with Gasteiger partial charge in [-0.1, -0.05) is 93.9 Å². The Morgan fingerprint density at radius 2 is 1.33 bits per heavy atom. The topological polar surface area (TPSA) is 127 Å². The molecule has 0 amide bonds. The summed E-state index contributed by atoms with van der Waals surface area (Å²) in [6.45, 7) is 4.22. The quantitative estimate of drug-likeness (QED) is 0.0996. The summed E-state index contributed by atoms with van der Waals surface area (Å²) in [7, 11) is 0. The van der Waals surface area contributed by atoms with Gasteiger partial charge in [0.2, 0.25) is 0 Å². The Kier molecular flexibility index (Phi) is 13.1. The maximum Gasteiger partial charge on any atom is 0.347 e. The number of carboxylic acid groups (broad SMARTS) is 1. The van der Waals surface area contributed by atoms with E-state index in [0.29, 0.717) is 5.56 Å². The largest absolute Gasteiger partial charge is 0.872 e. The highest BCUT2D eigenvalue weighted by Crippen LogP contribution is 2.31. The number of hydrogen-bond donors (Lipinski definition) is 3. The zero-order chi connectivity index (χ0) is 28.6. The molecule has 0 radical (unpaired) electrons. The molecule has 3 N–H and O–H groups in total. The highest BCUT2D eigenvalue weighted by Gasteiger charge is 2.21. The molecule has 2 aromatic rings. The first-order chi connectivity index (χ1) is 18.8. The lowest BCUT2D eigenvalue weighted by Crippen LogP contribution is -2.14. The number of aromatic hydroxyl groups is 2. The Balaban J connectivity index is 2.27. The van der Waals surface area contributed by atoms with Crippen LogP contribution in [0.2, 0.25) is 0 Å². The molecule has 0 saturated carbocycles. The second-order valence-corrected chi connectivity index (χ2v) is 9.05. The van der Waals surface area contributed by atoms with Crippen LogP contribution in [0.3, 0.4) is 0 Å². The van der Waals surface area contributed by atoms with Gasteiger partial charge in [0.25, 0.3) is 0 Å². The van der Waals surface area contributed by atoms with Gasteiger partial charge in [0.15, 0.2) is 0 Å². The van der Waals surface area contributed by atoms with E-state index in [1.807, 2.05) is 30.4 Å². The third kappa shape index (κ3) is 10.2. The predicted octanol–water partition coefficient (Wildman–Crippen LogP) is 6.78. The van der Waals surface area contributed by atoms with Gasteiger partial charge in [-0.15, -0.1) is 0 Å². The van der Waals surface area contributed by atoms with Crippen LogP contribution >= 0.6 is 0 Å². The first-order valence-electron chi connectivity index (χ1n) is 13.3. The average Bonchev–Trinajstić information content (AvgIpc) is 2.86. The molecule has 2 rings (SSSR count). The van der Waals surface area contributed by atoms with E-state index in [1.54, 1.807) is 18.2 Å². The van der Waals surface area contributed by atoms with Gasteiger partial charge in [0.05, 0.1) is 5.56 Å². The molecule has 39 heavy (non-hydrogen) atoms. The Labute approximate surface area is 230 Å². The van der Waals surface area contributed by atoms with Crippen LogP contribution in [0, 0.1) is 0 Å². The van der Waals surface area contributed by atoms with Gasteiger partial charge >= 0.3 is 11.9 Å². The minimum atomic E-state index is -1.37. The van der Waals surface area contributed by atoms with E-state index in [4.69, 9.17) is 4.74 Å². The van der Waals surface area contributed by atoms with Crippen molar-refractivity contribution in [2.45, 2.75) is 65.2 Å². The maximum absolute atomic E-state index is 13.1. The normalized spacial score (nSPS) is 11.8. The molecule has 0 bridgehead atoms. The summed E-state index contributed by atoms with van der Waals surface area (Å²) in [5.41, 5.74) is -0.0114. The van der Waals surface area contributed by atoms with Crippen molar-refractivity contribution < 1.29 is 34.8 Å². The highest BCUT2D eigenvalue weighted by molar-refractivity contribution is 5.97. The maximum atomic E-state index is 13.1. The van der Waals surface area contributed by atoms with Crippen LogP contribution in [0.5, 0.6) is 23.0 Å². The molecule has 0 aliphatic heterocycles. The van der Waals surface area contributed by atoms with Crippen LogP contribution < -0.4 is 9.84 Å². The van der Waals surface area contributed by atoms with Crippen molar-refractivity contribution in [3.63, 3.8) is 0 Å². The summed E-state index contributed by atoms with van der Waals surface area (Å²) in [5, 5.41) is 42.5. The van der Waals surface area contributed by atoms with Gasteiger partial charge in [-0.2, -0.15) is 0 Å². The summed E-state index contributed by atoms with van der Waals surface area (Å²) in [4.78, 5) is 24.8. The Morgan fingerprint density at radius 1 is 0.795 bits per heavy atom. The van der Waals surface area contributed by atoms with Gasteiger partial charge in [0, 0.05) is 6.07 Å². The number of phenolic OH excluding ortho intramolecular Hbond substituents is 2. The molecule has 0 spiro atoms. The monoisotopic (exact) mass is 533 g/mol. The van der Waals surface area contributed by atoms with E-state index in [2.05, 4.69) is 13.8 Å². The fourth-order valence-electron chi connectivity index (χ4n) is 3.87. The fourth-order valence-corrected chi connectivity index (χ4v) is 3.87. The molecule has 0 aliphatic carbocycles. The van der Waals surface area contributed by atoms with Crippen LogP contribution in [0.4, 0.5) is 0 Å². The Bertz CT molecular complexity index is 1240. The zero-order valence-electron chi connectivity index (χ0n) is 22.6. The van der Waals surface area contributed by atoms with E-state index in [1.165, 1.54) is 12.1 Å². The first kappa shape index (κ1) is 31.0. The van der Waals surface area contributed by atoms with Crippen molar-refractivity contribution in [3.05, 3.63) is 95.1 Å². The van der Waals surface area contributed by atoms with Gasteiger partial charge in [-0.3, -0.25) is 0 Å². The van der Waals surface area contributed by atoms with E-state index < -0.39 is 23.4 Å². The number of carbonyl (C=O) groups is 2. The van der Waals surface area contributed by atoms with Crippen molar-refractivity contribution in [3.8, 4) is 23.0 Å². The van der Waals surface area contributed by atoms with E-state index in [0.717, 1.165) is 50.7 Å². The van der Waals surface area contributed by atoms with E-state index in [-0.39, 0.29) is 41.0 Å². The summed E-state index contributed by atoms with van der Waals surface area (Å²) in [5.74, 6) is -3.90. The molecule has 0 fully saturated rings. The van der Waals surface area contributed by atoms with Crippen molar-refractivity contribution >= 4 is 11.9 Å². The van der Waals surface area contributed by atoms with Gasteiger partial charge in [-0.25, -0.2) is 9.59 Å². The summed E-state index contributed by atoms with van der Waals surface area (Å²) in [6.07, 6.45) is 21.5. The van der Waals surface area contributed by atoms with Crippen LogP contribution in [0.15, 0.2) is 72.9 Å². The molecule has 0 unspecified atom stereocenters. The summed E-state index contributed by atoms with van der Waals surface area (Å²) in [6, 6.07) is 4.67. The number of benzene rings is 2. The smallest absolute Gasteiger partial charge is 0.347 e. The summed E-state index contributed by atoms with van der Waals surface area (Å²) >= 11 is 0. The number of ether oxygens (including phenoxy) is 1. The van der Waals surface area contributed by atoms with Crippen LogP contribution in [-0.4, -0.2) is 27.3 Å². The van der Waals surface area contributed by atoms with Crippen LogP contribution in [0.1, 0.15) is 84.2 Å². The second kappa shape index (κ2) is 16.6. The number of hydrogen-bond acceptors (Lipinski definition) is 6. The van der Waals surface area contributed by atoms with Crippen molar-refractivity contribution in [1.29, 1.82) is 0 Å². The lowest BCUT2D eigenvalue weighted by atomic mass is 10.0. The van der Waals surface area contributed by atoms with Gasteiger partial charge in [-0.05, 0) is 55.0 Å². The molecule has 0 heterocycles. The number of carbonyl (C=O) groups excluding carboxylic acids is 1. The minimum Gasteiger partial charge on any atom is -0.872 e. The third-order valence-corrected chi connectivity index (χ3v) is 5.86. The molecule has 208 valence electrons. The number of unbranched alkanes of at least 4 members (excludes halogenated alkanes) is 4. The number of aromatic carboxylic acids is 1. The van der Waals surface area contributed by atoms with Crippen molar-refractivity contribution in [2.75, 3.05) is 0 Å². The lowest BCUT2D eigenvalue weighted by Gasteiger charge is -2.17. The minimum absolute atomic E-state index is 0.135. The number of esters is 1. The van der Waals surface area contributed by atoms with Crippen LogP contribution in [0.25, 0.3) is 0 Å². The van der Waals surface area contributed by atoms with E-state index >= 15 is 0 Å². The van der Waals surface area contributed by atoms with Crippen molar-refractivity contribution in [2.24, 2.45) is 0 Å². The number of rotatable bonds is 15. The lowest BCUT2D eigenvalue weighted by molar-refractivity contribution is -0.268. The highest BCUT2D eigenvalue weighted by atomic mass is 16.5. The molecule has 0 atom stereocenters. The van der Waals surface area contributed by atoms with Gasteiger partial charge < -0.3 is 25.2 Å². The second-order valence-electron chi connectivity index (χ2n) is 9.05. The van der Waals surface area contributed by atoms with E-state index in [9.17, 15) is 30.0 Å². The zero-order valence-corrected chi connectivity index (χ0v) is 22.6. The predicted molar refractivity (Wildman–Crippen MR) is 151 cm³/mol. The first-order valence-corrected chi connectivity index (χ1v) is 13.3. The number of allylic oxidation sites excluding steroid dienone is 8. The average molecular weight is 534 g/mol. The number of carboxylic acids is 1. The molecule has 0 aromatic heterocycles. The molecule has 7 nitrogen and oxygen atoms in total. The van der Waals surface area contributed by atoms with Crippen LogP contribution in [-0.2, 0) is 12.8 Å². The Morgan fingerprint density at radius 3 is 1.87 bits per heavy atom.